The van der Waals surface area contributed by atoms with Crippen molar-refractivity contribution in [3.63, 3.8) is 0 Å². The van der Waals surface area contributed by atoms with Gasteiger partial charge in [-0.15, -0.1) is 0 Å². The number of ether oxygens (including phenoxy) is 1. The Morgan fingerprint density at radius 3 is 2.79 bits per heavy atom. The van der Waals surface area contributed by atoms with E-state index in [-0.39, 0.29) is 5.97 Å². The first-order valence-electron chi connectivity index (χ1n) is 4.34. The molecule has 0 aliphatic heterocycles. The van der Waals surface area contributed by atoms with Crippen LogP contribution in [0.3, 0.4) is 0 Å². The van der Waals surface area contributed by atoms with Gasteiger partial charge in [0, 0.05) is 18.8 Å². The van der Waals surface area contributed by atoms with Gasteiger partial charge in [0.25, 0.3) is 0 Å². The number of carbonyl (C=O) groups is 1. The van der Waals surface area contributed by atoms with E-state index >= 15 is 0 Å². The highest BCUT2D eigenvalue weighted by molar-refractivity contribution is 5.81. The van der Waals surface area contributed by atoms with Crippen molar-refractivity contribution < 1.29 is 9.53 Å². The second-order valence-electron chi connectivity index (χ2n) is 2.72. The number of esters is 1. The monoisotopic (exact) mass is 191 g/mol. The lowest BCUT2D eigenvalue weighted by atomic mass is 10.2. The molecular weight excluding hydrogens is 178 g/mol. The molecule has 0 aromatic heterocycles. The quantitative estimate of drug-likeness (QED) is 0.578. The fraction of sp³-hybridized carbons (Fsp3) is 0.182. The lowest BCUT2D eigenvalue weighted by molar-refractivity contribution is -0.134. The van der Waals surface area contributed by atoms with Crippen molar-refractivity contribution in [3.8, 4) is 0 Å². The molecule has 0 heterocycles. The molecule has 3 nitrogen and oxygen atoms in total. The molecule has 3 heteroatoms. The summed E-state index contributed by atoms with van der Waals surface area (Å²) in [6, 6.07) is 9.94. The molecule has 0 saturated carbocycles. The first-order valence-corrected chi connectivity index (χ1v) is 4.34. The maximum Gasteiger partial charge on any atom is 0.331 e. The Balaban J connectivity index is 2.29. The number of hydrogen-bond donors (Lipinski definition) is 1. The summed E-state index contributed by atoms with van der Waals surface area (Å²) in [6.07, 6.45) is 2.93. The maximum atomic E-state index is 10.7. The molecule has 0 atom stereocenters. The van der Waals surface area contributed by atoms with E-state index in [1.54, 1.807) is 6.20 Å². The van der Waals surface area contributed by atoms with Crippen LogP contribution in [0.5, 0.6) is 0 Å². The van der Waals surface area contributed by atoms with Crippen LogP contribution in [0.2, 0.25) is 0 Å². The first-order chi connectivity index (χ1) is 6.83. The predicted molar refractivity (Wildman–Crippen MR) is 54.4 cm³/mol. The molecular formula is C11H13NO2. The third-order valence-corrected chi connectivity index (χ3v) is 1.69. The second-order valence-corrected chi connectivity index (χ2v) is 2.72. The van der Waals surface area contributed by atoms with E-state index in [9.17, 15) is 4.79 Å². The summed E-state index contributed by atoms with van der Waals surface area (Å²) in [4.78, 5) is 10.7. The van der Waals surface area contributed by atoms with Crippen LogP contribution in [0.1, 0.15) is 5.56 Å². The standard InChI is InChI=1S/C11H13NO2/c1-14-11(13)7-8-12-9-10-5-3-2-4-6-10/h2-8,12H,9H2,1H3. The molecule has 1 aromatic rings. The van der Waals surface area contributed by atoms with Crippen LogP contribution < -0.4 is 5.32 Å². The molecule has 0 bridgehead atoms. The number of methoxy groups -OCH3 is 1. The van der Waals surface area contributed by atoms with Gasteiger partial charge in [-0.2, -0.15) is 0 Å². The smallest absolute Gasteiger partial charge is 0.331 e. The highest BCUT2D eigenvalue weighted by Gasteiger charge is 1.89. The van der Waals surface area contributed by atoms with Crippen LogP contribution in [-0.4, -0.2) is 13.1 Å². The van der Waals surface area contributed by atoms with Crippen molar-refractivity contribution in [3.05, 3.63) is 48.2 Å². The third-order valence-electron chi connectivity index (χ3n) is 1.69. The number of nitrogens with one attached hydrogen (secondary N) is 1. The molecule has 0 aliphatic rings. The Morgan fingerprint density at radius 1 is 1.43 bits per heavy atom. The summed E-state index contributed by atoms with van der Waals surface area (Å²) >= 11 is 0. The van der Waals surface area contributed by atoms with Gasteiger partial charge in [-0.3, -0.25) is 0 Å². The Hall–Kier alpha value is -1.77. The molecule has 1 rings (SSSR count). The minimum Gasteiger partial charge on any atom is -0.466 e. The van der Waals surface area contributed by atoms with Gasteiger partial charge < -0.3 is 10.1 Å². The number of benzene rings is 1. The zero-order valence-electron chi connectivity index (χ0n) is 8.07. The fourth-order valence-corrected chi connectivity index (χ4v) is 0.968. The average molecular weight is 191 g/mol. The van der Waals surface area contributed by atoms with Gasteiger partial charge in [0.1, 0.15) is 0 Å². The van der Waals surface area contributed by atoms with Crippen LogP contribution >= 0.6 is 0 Å². The SMILES string of the molecule is COC(=O)C=CNCc1ccccc1. The van der Waals surface area contributed by atoms with Gasteiger partial charge in [-0.25, -0.2) is 4.79 Å². The summed E-state index contributed by atoms with van der Waals surface area (Å²) < 4.78 is 4.44. The summed E-state index contributed by atoms with van der Waals surface area (Å²) in [7, 11) is 1.35. The van der Waals surface area contributed by atoms with E-state index in [1.165, 1.54) is 18.7 Å². The van der Waals surface area contributed by atoms with Crippen LogP contribution in [0.4, 0.5) is 0 Å². The summed E-state index contributed by atoms with van der Waals surface area (Å²) in [5.74, 6) is -0.356. The van der Waals surface area contributed by atoms with Crippen molar-refractivity contribution >= 4 is 5.97 Å². The van der Waals surface area contributed by atoms with Gasteiger partial charge in [0.2, 0.25) is 0 Å². The highest BCUT2D eigenvalue weighted by atomic mass is 16.5. The Kier molecular flexibility index (Phi) is 4.27. The number of carbonyl (C=O) groups excluding carboxylic acids is 1. The number of rotatable bonds is 4. The fourth-order valence-electron chi connectivity index (χ4n) is 0.968. The minimum absolute atomic E-state index is 0.356. The van der Waals surface area contributed by atoms with E-state index in [0.717, 1.165) is 0 Å². The topological polar surface area (TPSA) is 38.3 Å². The second kappa shape index (κ2) is 5.80. The highest BCUT2D eigenvalue weighted by Crippen LogP contribution is 1.96. The van der Waals surface area contributed by atoms with E-state index in [0.29, 0.717) is 6.54 Å². The molecule has 0 unspecified atom stereocenters. The van der Waals surface area contributed by atoms with Crippen molar-refractivity contribution in [2.75, 3.05) is 7.11 Å². The largest absolute Gasteiger partial charge is 0.466 e. The molecule has 0 amide bonds. The van der Waals surface area contributed by atoms with Gasteiger partial charge in [0.05, 0.1) is 7.11 Å². The molecule has 1 aromatic carbocycles. The zero-order valence-corrected chi connectivity index (χ0v) is 8.07. The van der Waals surface area contributed by atoms with Crippen LogP contribution in [0, 0.1) is 0 Å². The Bertz CT molecular complexity index is 306. The van der Waals surface area contributed by atoms with Crippen LogP contribution in [0.25, 0.3) is 0 Å². The average Bonchev–Trinajstić information content (AvgIpc) is 2.25. The van der Waals surface area contributed by atoms with Crippen molar-refractivity contribution in [1.82, 2.24) is 5.32 Å². The summed E-state index contributed by atoms with van der Waals surface area (Å²) in [6.45, 7) is 0.703. The minimum atomic E-state index is -0.356. The van der Waals surface area contributed by atoms with Gasteiger partial charge >= 0.3 is 5.97 Å². The molecule has 1 N–H and O–H groups in total. The summed E-state index contributed by atoms with van der Waals surface area (Å²) in [5.41, 5.74) is 1.17. The predicted octanol–water partition coefficient (Wildman–Crippen LogP) is 1.46. The lowest BCUT2D eigenvalue weighted by Gasteiger charge is -1.99. The first kappa shape index (κ1) is 10.3. The summed E-state index contributed by atoms with van der Waals surface area (Å²) in [5, 5.41) is 2.99. The van der Waals surface area contributed by atoms with Crippen molar-refractivity contribution in [2.24, 2.45) is 0 Å². The third kappa shape index (κ3) is 3.76. The van der Waals surface area contributed by atoms with Crippen molar-refractivity contribution in [1.29, 1.82) is 0 Å². The Labute approximate surface area is 83.4 Å². The number of hydrogen-bond acceptors (Lipinski definition) is 3. The van der Waals surface area contributed by atoms with E-state index in [1.807, 2.05) is 30.3 Å². The van der Waals surface area contributed by atoms with E-state index < -0.39 is 0 Å². The van der Waals surface area contributed by atoms with E-state index in [2.05, 4.69) is 10.1 Å². The lowest BCUT2D eigenvalue weighted by Crippen LogP contribution is -2.05. The molecule has 0 aliphatic carbocycles. The normalized spacial score (nSPS) is 10.1. The molecule has 0 saturated heterocycles. The molecule has 0 radical (unpaired) electrons. The maximum absolute atomic E-state index is 10.7. The van der Waals surface area contributed by atoms with Crippen LogP contribution in [0.15, 0.2) is 42.6 Å². The van der Waals surface area contributed by atoms with E-state index in [4.69, 9.17) is 0 Å². The molecule has 74 valence electrons. The Morgan fingerprint density at radius 2 is 2.14 bits per heavy atom. The molecule has 14 heavy (non-hydrogen) atoms. The van der Waals surface area contributed by atoms with Gasteiger partial charge in [-0.05, 0) is 5.56 Å². The van der Waals surface area contributed by atoms with Crippen LogP contribution in [-0.2, 0) is 16.1 Å². The van der Waals surface area contributed by atoms with Crippen molar-refractivity contribution in [2.45, 2.75) is 6.54 Å². The van der Waals surface area contributed by atoms with Gasteiger partial charge in [0.15, 0.2) is 0 Å². The van der Waals surface area contributed by atoms with Gasteiger partial charge in [-0.1, -0.05) is 30.3 Å². The molecule has 0 spiro atoms. The zero-order chi connectivity index (χ0) is 10.2. The molecule has 0 fully saturated rings.